The zero-order valence-electron chi connectivity index (χ0n) is 14.9. The number of amides is 1. The lowest BCUT2D eigenvalue weighted by Crippen LogP contribution is -2.48. The zero-order chi connectivity index (χ0) is 17.1. The van der Waals surface area contributed by atoms with Gasteiger partial charge in [0.05, 0.1) is 10.9 Å². The van der Waals surface area contributed by atoms with Crippen LogP contribution in [0, 0.1) is 11.8 Å². The summed E-state index contributed by atoms with van der Waals surface area (Å²) in [7, 11) is 0. The second-order valence-electron chi connectivity index (χ2n) is 7.65. The Labute approximate surface area is 139 Å². The molecule has 128 valence electrons. The first-order valence-corrected chi connectivity index (χ1v) is 8.92. The van der Waals surface area contributed by atoms with E-state index in [1.165, 1.54) is 0 Å². The van der Waals surface area contributed by atoms with E-state index in [9.17, 15) is 9.90 Å². The maximum Gasteiger partial charge on any atom is 0.411 e. The van der Waals surface area contributed by atoms with Crippen molar-refractivity contribution in [2.24, 2.45) is 11.8 Å². The Morgan fingerprint density at radius 1 is 1.45 bits per heavy atom. The molecular formula is C17H31NO3S. The van der Waals surface area contributed by atoms with Gasteiger partial charge >= 0.3 is 6.09 Å². The van der Waals surface area contributed by atoms with Gasteiger partial charge in [-0.3, -0.25) is 4.90 Å². The smallest absolute Gasteiger partial charge is 0.411 e. The van der Waals surface area contributed by atoms with E-state index >= 15 is 0 Å². The molecule has 0 saturated carbocycles. The van der Waals surface area contributed by atoms with Crippen molar-refractivity contribution in [2.75, 3.05) is 12.4 Å². The van der Waals surface area contributed by atoms with Crippen molar-refractivity contribution < 1.29 is 14.6 Å². The van der Waals surface area contributed by atoms with E-state index in [1.54, 1.807) is 11.8 Å². The summed E-state index contributed by atoms with van der Waals surface area (Å²) in [5.41, 5.74) is -0.500. The number of hydrogen-bond acceptors (Lipinski definition) is 4. The van der Waals surface area contributed by atoms with E-state index in [0.717, 1.165) is 5.75 Å². The third-order valence-corrected chi connectivity index (χ3v) is 5.17. The van der Waals surface area contributed by atoms with Crippen molar-refractivity contribution in [1.29, 1.82) is 0 Å². The largest absolute Gasteiger partial charge is 0.444 e. The minimum atomic E-state index is -0.500. The van der Waals surface area contributed by atoms with Crippen molar-refractivity contribution in [1.82, 2.24) is 4.90 Å². The Bertz CT molecular complexity index is 413. The third-order valence-electron chi connectivity index (χ3n) is 3.76. The highest BCUT2D eigenvalue weighted by atomic mass is 32.2. The van der Waals surface area contributed by atoms with Gasteiger partial charge < -0.3 is 9.84 Å². The number of ether oxygens (including phenoxy) is 1. The molecule has 1 rings (SSSR count). The lowest BCUT2D eigenvalue weighted by Gasteiger charge is -2.35. The minimum Gasteiger partial charge on any atom is -0.444 e. The van der Waals surface area contributed by atoms with Gasteiger partial charge in [-0.05, 0) is 40.5 Å². The highest BCUT2D eigenvalue weighted by Gasteiger charge is 2.44. The molecule has 2 atom stereocenters. The topological polar surface area (TPSA) is 49.8 Å². The van der Waals surface area contributed by atoms with Gasteiger partial charge in [-0.1, -0.05) is 26.0 Å². The average Bonchev–Trinajstić information content (AvgIpc) is 2.62. The number of rotatable bonds is 4. The molecule has 4 nitrogen and oxygen atoms in total. The first kappa shape index (κ1) is 19.4. The molecule has 0 aromatic heterocycles. The first-order valence-electron chi connectivity index (χ1n) is 7.93. The van der Waals surface area contributed by atoms with Gasteiger partial charge in [0.15, 0.2) is 0 Å². The molecule has 5 heteroatoms. The Hall–Kier alpha value is -0.680. The molecule has 0 spiro atoms. The van der Waals surface area contributed by atoms with Crippen LogP contribution in [-0.2, 0) is 4.74 Å². The fraction of sp³-hybridized carbons (Fsp3) is 0.824. The maximum atomic E-state index is 12.5. The summed E-state index contributed by atoms with van der Waals surface area (Å²) in [5.74, 6) is 1.34. The second-order valence-corrected chi connectivity index (χ2v) is 9.27. The predicted octanol–water partition coefficient (Wildman–Crippen LogP) is 3.90. The third kappa shape index (κ3) is 5.20. The molecule has 0 aromatic rings. The van der Waals surface area contributed by atoms with Gasteiger partial charge in [0.1, 0.15) is 5.60 Å². The average molecular weight is 330 g/mol. The molecule has 22 heavy (non-hydrogen) atoms. The lowest BCUT2D eigenvalue weighted by molar-refractivity contribution is 0.0138. The van der Waals surface area contributed by atoms with Crippen LogP contribution in [0.25, 0.3) is 0 Å². The molecule has 0 aliphatic carbocycles. The molecule has 0 radical (unpaired) electrons. The summed E-state index contributed by atoms with van der Waals surface area (Å²) in [6.45, 7) is 14.0. The monoisotopic (exact) mass is 329 g/mol. The van der Waals surface area contributed by atoms with Crippen LogP contribution in [-0.4, -0.2) is 45.0 Å². The van der Waals surface area contributed by atoms with Gasteiger partial charge in [0, 0.05) is 18.3 Å². The van der Waals surface area contributed by atoms with E-state index in [0.29, 0.717) is 5.92 Å². The maximum absolute atomic E-state index is 12.5. The number of aliphatic hydroxyl groups excluding tert-OH is 1. The zero-order valence-corrected chi connectivity index (χ0v) is 15.7. The molecular weight excluding hydrogens is 298 g/mol. The molecule has 1 heterocycles. The first-order chi connectivity index (χ1) is 9.98. The molecule has 1 amide bonds. The highest BCUT2D eigenvalue weighted by Crippen LogP contribution is 2.40. The molecule has 0 aromatic carbocycles. The fourth-order valence-corrected chi connectivity index (χ4v) is 3.59. The van der Waals surface area contributed by atoms with Crippen LogP contribution in [0.3, 0.4) is 0 Å². The molecule has 0 bridgehead atoms. The van der Waals surface area contributed by atoms with Crippen molar-refractivity contribution in [3.8, 4) is 0 Å². The molecule has 1 saturated heterocycles. The van der Waals surface area contributed by atoms with Crippen LogP contribution in [0.5, 0.6) is 0 Å². The molecule has 1 aliphatic heterocycles. The van der Waals surface area contributed by atoms with E-state index in [2.05, 4.69) is 13.8 Å². The molecule has 1 aliphatic rings. The van der Waals surface area contributed by atoms with Gasteiger partial charge in [-0.25, -0.2) is 4.79 Å². The highest BCUT2D eigenvalue weighted by molar-refractivity contribution is 8.00. The summed E-state index contributed by atoms with van der Waals surface area (Å²) in [6.07, 6.45) is 3.81. The lowest BCUT2D eigenvalue weighted by atomic mass is 9.95. The molecule has 1 N–H and O–H groups in total. The number of thioether (sulfide) groups is 1. The number of nitrogens with zero attached hydrogens (tertiary/aromatic N) is 1. The normalized spacial score (nSPS) is 23.3. The number of carbonyl (C=O) groups is 1. The fourth-order valence-electron chi connectivity index (χ4n) is 2.41. The molecule has 1 fully saturated rings. The van der Waals surface area contributed by atoms with Crippen LogP contribution >= 0.6 is 11.8 Å². The van der Waals surface area contributed by atoms with Crippen molar-refractivity contribution in [3.05, 3.63) is 12.2 Å². The quantitative estimate of drug-likeness (QED) is 0.795. The Kier molecular flexibility index (Phi) is 6.39. The Morgan fingerprint density at radius 3 is 2.50 bits per heavy atom. The van der Waals surface area contributed by atoms with Gasteiger partial charge in [0.2, 0.25) is 0 Å². The van der Waals surface area contributed by atoms with Crippen LogP contribution in [0.4, 0.5) is 4.79 Å². The van der Waals surface area contributed by atoms with Crippen LogP contribution in [0.1, 0.15) is 48.5 Å². The summed E-state index contributed by atoms with van der Waals surface area (Å²) in [4.78, 5) is 14.1. The van der Waals surface area contributed by atoms with Crippen LogP contribution in [0.2, 0.25) is 0 Å². The summed E-state index contributed by atoms with van der Waals surface area (Å²) in [5, 5.41) is 9.44. The van der Waals surface area contributed by atoms with Gasteiger partial charge in [0.25, 0.3) is 0 Å². The van der Waals surface area contributed by atoms with Crippen molar-refractivity contribution in [2.45, 2.75) is 65.0 Å². The second kappa shape index (κ2) is 7.26. The van der Waals surface area contributed by atoms with E-state index in [4.69, 9.17) is 4.74 Å². The van der Waals surface area contributed by atoms with E-state index < -0.39 is 5.60 Å². The Morgan fingerprint density at radius 2 is 2.05 bits per heavy atom. The summed E-state index contributed by atoms with van der Waals surface area (Å²) < 4.78 is 5.56. The van der Waals surface area contributed by atoms with Crippen molar-refractivity contribution >= 4 is 17.9 Å². The van der Waals surface area contributed by atoms with E-state index in [1.807, 2.05) is 51.7 Å². The Balaban J connectivity index is 2.90. The molecule has 1 unspecified atom stereocenters. The summed E-state index contributed by atoms with van der Waals surface area (Å²) in [6, 6.07) is 0.00245. The van der Waals surface area contributed by atoms with Gasteiger partial charge in [-0.2, -0.15) is 0 Å². The predicted molar refractivity (Wildman–Crippen MR) is 93.0 cm³/mol. The van der Waals surface area contributed by atoms with Crippen LogP contribution in [0.15, 0.2) is 12.2 Å². The number of carbonyl (C=O) groups excluding carboxylic acids is 1. The SMILES string of the molecule is CC(C)[C@H](/C=C/C1CSC(C)(C)N1C(=O)OC(C)(C)C)CO. The van der Waals surface area contributed by atoms with Crippen molar-refractivity contribution in [3.63, 3.8) is 0 Å². The standard InChI is InChI=1S/C17H31NO3S/c1-12(2)13(10-19)8-9-14-11-22-17(6,7)18(14)15(20)21-16(3,4)5/h8-9,12-14,19H,10-11H2,1-7H3/b9-8+/t13-,14?/m1/s1. The minimum absolute atomic E-state index is 0.00245. The summed E-state index contributed by atoms with van der Waals surface area (Å²) >= 11 is 1.75. The van der Waals surface area contributed by atoms with Crippen LogP contribution < -0.4 is 0 Å². The number of hydrogen-bond donors (Lipinski definition) is 1. The van der Waals surface area contributed by atoms with E-state index in [-0.39, 0.29) is 29.5 Å². The van der Waals surface area contributed by atoms with Gasteiger partial charge in [-0.15, -0.1) is 11.8 Å². The number of aliphatic hydroxyl groups is 1.